The van der Waals surface area contributed by atoms with Crippen LogP contribution in [0, 0.1) is 0 Å². The maximum absolute atomic E-state index is 5.63. The summed E-state index contributed by atoms with van der Waals surface area (Å²) in [6.07, 6.45) is 0. The summed E-state index contributed by atoms with van der Waals surface area (Å²) in [4.78, 5) is 0. The Bertz CT molecular complexity index is 1200. The van der Waals surface area contributed by atoms with Crippen LogP contribution in [0.15, 0.2) is 78.9 Å². The molecule has 0 saturated heterocycles. The Labute approximate surface area is 166 Å². The summed E-state index contributed by atoms with van der Waals surface area (Å²) in [7, 11) is 0. The van der Waals surface area contributed by atoms with Gasteiger partial charge in [0.15, 0.2) is 0 Å². The molecule has 0 atom stereocenters. The van der Waals surface area contributed by atoms with Crippen LogP contribution in [-0.4, -0.2) is 6.61 Å². The first-order valence-corrected chi connectivity index (χ1v) is 9.99. The smallest absolute Gasteiger partial charge is 0.119 e. The van der Waals surface area contributed by atoms with Crippen molar-refractivity contribution >= 4 is 10.8 Å². The van der Waals surface area contributed by atoms with Gasteiger partial charge in [0, 0.05) is 5.41 Å². The van der Waals surface area contributed by atoms with Crippen molar-refractivity contribution < 1.29 is 4.74 Å². The van der Waals surface area contributed by atoms with Crippen LogP contribution in [0.25, 0.3) is 33.0 Å². The number of fused-ring (bicyclic) bond motifs is 4. The quantitative estimate of drug-likeness (QED) is 0.373. The Morgan fingerprint density at radius 2 is 1.36 bits per heavy atom. The molecule has 0 amide bonds. The highest BCUT2D eigenvalue weighted by Crippen LogP contribution is 2.49. The monoisotopic (exact) mass is 364 g/mol. The third-order valence-corrected chi connectivity index (χ3v) is 6.04. The van der Waals surface area contributed by atoms with Crippen molar-refractivity contribution in [3.05, 3.63) is 90.0 Å². The van der Waals surface area contributed by atoms with Crippen LogP contribution in [0.2, 0.25) is 0 Å². The molecule has 0 unspecified atom stereocenters. The van der Waals surface area contributed by atoms with Crippen LogP contribution in [0.5, 0.6) is 5.75 Å². The number of rotatable bonds is 3. The van der Waals surface area contributed by atoms with E-state index < -0.39 is 0 Å². The third kappa shape index (κ3) is 2.54. The third-order valence-electron chi connectivity index (χ3n) is 6.04. The zero-order valence-corrected chi connectivity index (χ0v) is 16.6. The molecule has 0 N–H and O–H groups in total. The fourth-order valence-corrected chi connectivity index (χ4v) is 4.54. The second kappa shape index (κ2) is 6.24. The van der Waals surface area contributed by atoms with Gasteiger partial charge in [0.25, 0.3) is 0 Å². The number of ether oxygens (including phenoxy) is 1. The van der Waals surface area contributed by atoms with E-state index in [1.807, 2.05) is 6.92 Å². The Hall–Kier alpha value is -3.06. The average molecular weight is 364 g/mol. The van der Waals surface area contributed by atoms with Gasteiger partial charge in [-0.1, -0.05) is 68.4 Å². The highest BCUT2D eigenvalue weighted by Gasteiger charge is 2.35. The number of hydrogen-bond donors (Lipinski definition) is 0. The van der Waals surface area contributed by atoms with E-state index in [0.29, 0.717) is 6.61 Å². The molecule has 0 heterocycles. The molecule has 1 nitrogen and oxygen atoms in total. The van der Waals surface area contributed by atoms with E-state index in [-0.39, 0.29) is 5.41 Å². The summed E-state index contributed by atoms with van der Waals surface area (Å²) < 4.78 is 5.63. The van der Waals surface area contributed by atoms with Crippen LogP contribution in [0.3, 0.4) is 0 Å². The molecule has 1 heteroatoms. The van der Waals surface area contributed by atoms with E-state index in [9.17, 15) is 0 Å². The van der Waals surface area contributed by atoms with Crippen molar-refractivity contribution in [1.29, 1.82) is 0 Å². The van der Waals surface area contributed by atoms with Crippen molar-refractivity contribution in [3.8, 4) is 28.0 Å². The standard InChI is InChI=1S/C27H24O/c1-4-28-22-13-11-19-15-18(9-10-20(19)16-22)21-12-14-24-23-7-5-6-8-25(23)27(2,3)26(24)17-21/h5-17H,4H2,1-3H3. The Morgan fingerprint density at radius 1 is 0.679 bits per heavy atom. The van der Waals surface area contributed by atoms with Gasteiger partial charge in [-0.05, 0) is 75.3 Å². The second-order valence-corrected chi connectivity index (χ2v) is 8.09. The molecule has 0 saturated carbocycles. The van der Waals surface area contributed by atoms with Gasteiger partial charge in [-0.2, -0.15) is 0 Å². The number of benzene rings is 4. The predicted octanol–water partition coefficient (Wildman–Crippen LogP) is 7.21. The molecule has 138 valence electrons. The zero-order chi connectivity index (χ0) is 19.3. The molecule has 0 aromatic heterocycles. The molecule has 0 radical (unpaired) electrons. The molecule has 4 aromatic carbocycles. The lowest BCUT2D eigenvalue weighted by Crippen LogP contribution is -2.14. The number of hydrogen-bond acceptors (Lipinski definition) is 1. The van der Waals surface area contributed by atoms with E-state index in [1.165, 1.54) is 44.2 Å². The predicted molar refractivity (Wildman–Crippen MR) is 118 cm³/mol. The minimum atomic E-state index is 0.0329. The van der Waals surface area contributed by atoms with Crippen LogP contribution >= 0.6 is 0 Å². The van der Waals surface area contributed by atoms with Gasteiger partial charge in [-0.3, -0.25) is 0 Å². The lowest BCUT2D eigenvalue weighted by molar-refractivity contribution is 0.341. The van der Waals surface area contributed by atoms with Crippen molar-refractivity contribution in [2.24, 2.45) is 0 Å². The summed E-state index contributed by atoms with van der Waals surface area (Å²) in [6, 6.07) is 28.7. The van der Waals surface area contributed by atoms with E-state index >= 15 is 0 Å². The van der Waals surface area contributed by atoms with E-state index in [0.717, 1.165) is 5.75 Å². The molecule has 0 aliphatic heterocycles. The Balaban J connectivity index is 1.60. The second-order valence-electron chi connectivity index (χ2n) is 8.09. The van der Waals surface area contributed by atoms with E-state index in [2.05, 4.69) is 92.7 Å². The molecule has 5 rings (SSSR count). The average Bonchev–Trinajstić information content (AvgIpc) is 2.95. The molecule has 1 aliphatic carbocycles. The lowest BCUT2D eigenvalue weighted by Gasteiger charge is -2.22. The van der Waals surface area contributed by atoms with Crippen LogP contribution in [-0.2, 0) is 5.41 Å². The minimum absolute atomic E-state index is 0.0329. The van der Waals surface area contributed by atoms with E-state index in [4.69, 9.17) is 4.74 Å². The van der Waals surface area contributed by atoms with Crippen molar-refractivity contribution in [2.45, 2.75) is 26.2 Å². The molecule has 0 spiro atoms. The Kier molecular flexibility index (Phi) is 3.80. The van der Waals surface area contributed by atoms with E-state index in [1.54, 1.807) is 0 Å². The van der Waals surface area contributed by atoms with Gasteiger partial charge >= 0.3 is 0 Å². The largest absolute Gasteiger partial charge is 0.494 e. The lowest BCUT2D eigenvalue weighted by atomic mass is 9.81. The first-order chi connectivity index (χ1) is 13.6. The van der Waals surface area contributed by atoms with Gasteiger partial charge in [0.05, 0.1) is 6.61 Å². The SMILES string of the molecule is CCOc1ccc2cc(-c3ccc4c(c3)C(C)(C)c3ccccc3-4)ccc2c1. The molecule has 1 aliphatic rings. The first kappa shape index (κ1) is 17.1. The highest BCUT2D eigenvalue weighted by molar-refractivity contribution is 5.90. The van der Waals surface area contributed by atoms with Crippen LogP contribution in [0.4, 0.5) is 0 Å². The fourth-order valence-electron chi connectivity index (χ4n) is 4.54. The molecular formula is C27H24O. The minimum Gasteiger partial charge on any atom is -0.494 e. The molecule has 0 bridgehead atoms. The van der Waals surface area contributed by atoms with Crippen LogP contribution < -0.4 is 4.74 Å². The van der Waals surface area contributed by atoms with Gasteiger partial charge < -0.3 is 4.74 Å². The van der Waals surface area contributed by atoms with Gasteiger partial charge in [0.1, 0.15) is 5.75 Å². The molecular weight excluding hydrogens is 340 g/mol. The first-order valence-electron chi connectivity index (χ1n) is 9.99. The van der Waals surface area contributed by atoms with Crippen molar-refractivity contribution in [1.82, 2.24) is 0 Å². The zero-order valence-electron chi connectivity index (χ0n) is 16.6. The molecule has 0 fully saturated rings. The maximum atomic E-state index is 5.63. The maximum Gasteiger partial charge on any atom is 0.119 e. The molecule has 28 heavy (non-hydrogen) atoms. The van der Waals surface area contributed by atoms with Gasteiger partial charge in [-0.25, -0.2) is 0 Å². The summed E-state index contributed by atoms with van der Waals surface area (Å²) in [5.41, 5.74) is 8.14. The summed E-state index contributed by atoms with van der Waals surface area (Å²) in [5.74, 6) is 0.930. The summed E-state index contributed by atoms with van der Waals surface area (Å²) in [6.45, 7) is 7.37. The topological polar surface area (TPSA) is 9.23 Å². The Morgan fingerprint density at radius 3 is 2.21 bits per heavy atom. The summed E-state index contributed by atoms with van der Waals surface area (Å²) in [5, 5.41) is 2.45. The van der Waals surface area contributed by atoms with Gasteiger partial charge in [0.2, 0.25) is 0 Å². The highest BCUT2D eigenvalue weighted by atomic mass is 16.5. The molecule has 4 aromatic rings. The van der Waals surface area contributed by atoms with Gasteiger partial charge in [-0.15, -0.1) is 0 Å². The fraction of sp³-hybridized carbons (Fsp3) is 0.185. The van der Waals surface area contributed by atoms with Crippen molar-refractivity contribution in [2.75, 3.05) is 6.61 Å². The van der Waals surface area contributed by atoms with Crippen molar-refractivity contribution in [3.63, 3.8) is 0 Å². The summed E-state index contributed by atoms with van der Waals surface area (Å²) >= 11 is 0. The van der Waals surface area contributed by atoms with Crippen LogP contribution in [0.1, 0.15) is 31.9 Å². The normalized spacial score (nSPS) is 14.0.